The lowest BCUT2D eigenvalue weighted by Gasteiger charge is -2.38. The maximum absolute atomic E-state index is 13.6. The van der Waals surface area contributed by atoms with Crippen LogP contribution in [0.3, 0.4) is 0 Å². The Labute approximate surface area is 207 Å². The smallest absolute Gasteiger partial charge is 0.256 e. The van der Waals surface area contributed by atoms with Crippen LogP contribution in [0.2, 0.25) is 0 Å². The first kappa shape index (κ1) is 24.1. The summed E-state index contributed by atoms with van der Waals surface area (Å²) in [5.74, 6) is 0.599. The number of carbonyl (C=O) groups excluding carboxylic acids is 3. The normalized spacial score (nSPS) is 22.0. The molecule has 0 unspecified atom stereocenters. The number of ether oxygens (including phenoxy) is 1. The summed E-state index contributed by atoms with van der Waals surface area (Å²) in [6, 6.07) is 5.72. The highest BCUT2D eigenvalue weighted by atomic mass is 16.5. The van der Waals surface area contributed by atoms with Gasteiger partial charge in [-0.2, -0.15) is 0 Å². The fourth-order valence-electron chi connectivity index (χ4n) is 6.03. The third-order valence-electron chi connectivity index (χ3n) is 8.16. The number of morpholine rings is 1. The zero-order chi connectivity index (χ0) is 24.2. The fourth-order valence-corrected chi connectivity index (χ4v) is 6.03. The van der Waals surface area contributed by atoms with Crippen molar-refractivity contribution < 1.29 is 19.1 Å². The highest BCUT2D eigenvalue weighted by molar-refractivity contribution is 6.02. The fraction of sp³-hybridized carbons (Fsp3) is 0.667. The van der Waals surface area contributed by atoms with E-state index in [9.17, 15) is 14.4 Å². The summed E-state index contributed by atoms with van der Waals surface area (Å²) in [5.41, 5.74) is 2.18. The van der Waals surface area contributed by atoms with E-state index in [1.54, 1.807) is 0 Å². The molecule has 1 N–H and O–H groups in total. The van der Waals surface area contributed by atoms with Crippen LogP contribution in [0.1, 0.15) is 61.7 Å². The first-order valence-electron chi connectivity index (χ1n) is 13.5. The second-order valence-corrected chi connectivity index (χ2v) is 10.4. The second-order valence-electron chi connectivity index (χ2n) is 10.4. The Hall–Kier alpha value is -2.61. The van der Waals surface area contributed by atoms with E-state index in [0.29, 0.717) is 69.6 Å². The van der Waals surface area contributed by atoms with Crippen molar-refractivity contribution in [2.45, 2.75) is 51.4 Å². The molecule has 1 aromatic rings. The van der Waals surface area contributed by atoms with E-state index in [0.717, 1.165) is 57.1 Å². The number of nitrogens with one attached hydrogen (secondary N) is 1. The van der Waals surface area contributed by atoms with Gasteiger partial charge in [0.2, 0.25) is 11.8 Å². The van der Waals surface area contributed by atoms with Crippen molar-refractivity contribution in [2.24, 2.45) is 11.8 Å². The number of hydrogen-bond donors (Lipinski definition) is 1. The zero-order valence-electron chi connectivity index (χ0n) is 20.7. The number of benzene rings is 1. The molecule has 5 rings (SSSR count). The lowest BCUT2D eigenvalue weighted by Crippen LogP contribution is -2.50. The lowest BCUT2D eigenvalue weighted by atomic mass is 10.0. The van der Waals surface area contributed by atoms with Gasteiger partial charge < -0.3 is 24.8 Å². The van der Waals surface area contributed by atoms with Gasteiger partial charge in [0.15, 0.2) is 0 Å². The summed E-state index contributed by atoms with van der Waals surface area (Å²) in [6.45, 7) is 5.00. The van der Waals surface area contributed by atoms with Gasteiger partial charge in [-0.05, 0) is 43.9 Å². The molecule has 2 saturated heterocycles. The molecule has 1 aromatic carbocycles. The van der Waals surface area contributed by atoms with Crippen molar-refractivity contribution in [2.75, 3.05) is 62.7 Å². The van der Waals surface area contributed by atoms with Crippen LogP contribution in [0.5, 0.6) is 0 Å². The zero-order valence-corrected chi connectivity index (χ0v) is 20.7. The minimum absolute atomic E-state index is 0.0234. The number of piperazine rings is 1. The van der Waals surface area contributed by atoms with Crippen LogP contribution in [0.4, 0.5) is 11.4 Å². The quantitative estimate of drug-likeness (QED) is 0.697. The molecule has 190 valence electrons. The number of anilines is 2. The van der Waals surface area contributed by atoms with E-state index in [2.05, 4.69) is 10.2 Å². The highest BCUT2D eigenvalue weighted by Gasteiger charge is 2.31. The van der Waals surface area contributed by atoms with Crippen molar-refractivity contribution in [1.82, 2.24) is 9.80 Å². The van der Waals surface area contributed by atoms with Crippen LogP contribution in [0.15, 0.2) is 18.2 Å². The average Bonchev–Trinajstić information content (AvgIpc) is 3.64. The van der Waals surface area contributed by atoms with Gasteiger partial charge in [-0.25, -0.2) is 0 Å². The third-order valence-corrected chi connectivity index (χ3v) is 8.16. The van der Waals surface area contributed by atoms with Gasteiger partial charge in [0.25, 0.3) is 5.91 Å². The van der Waals surface area contributed by atoms with Crippen molar-refractivity contribution in [3.63, 3.8) is 0 Å². The van der Waals surface area contributed by atoms with Crippen LogP contribution in [-0.4, -0.2) is 80.0 Å². The lowest BCUT2D eigenvalue weighted by molar-refractivity contribution is -0.135. The maximum atomic E-state index is 13.6. The molecule has 0 bridgehead atoms. The molecule has 35 heavy (non-hydrogen) atoms. The highest BCUT2D eigenvalue weighted by Crippen LogP contribution is 2.31. The van der Waals surface area contributed by atoms with Gasteiger partial charge in [0.05, 0.1) is 18.8 Å². The molecule has 0 spiro atoms. The van der Waals surface area contributed by atoms with Gasteiger partial charge in [-0.15, -0.1) is 0 Å². The number of hydrogen-bond acceptors (Lipinski definition) is 5. The van der Waals surface area contributed by atoms with Gasteiger partial charge in [-0.3, -0.25) is 14.4 Å². The maximum Gasteiger partial charge on any atom is 0.256 e. The summed E-state index contributed by atoms with van der Waals surface area (Å²) >= 11 is 0. The van der Waals surface area contributed by atoms with Crippen LogP contribution in [0.25, 0.3) is 0 Å². The second kappa shape index (κ2) is 11.0. The molecule has 8 heteroatoms. The third kappa shape index (κ3) is 5.47. The van der Waals surface area contributed by atoms with E-state index in [1.807, 2.05) is 28.0 Å². The average molecular weight is 483 g/mol. The van der Waals surface area contributed by atoms with Crippen molar-refractivity contribution in [3.8, 4) is 0 Å². The molecule has 2 aliphatic heterocycles. The predicted octanol–water partition coefficient (Wildman–Crippen LogP) is 3.13. The number of amides is 3. The summed E-state index contributed by atoms with van der Waals surface area (Å²) in [4.78, 5) is 45.2. The molecule has 4 aliphatic rings. The van der Waals surface area contributed by atoms with Crippen LogP contribution < -0.4 is 10.2 Å². The molecule has 0 radical (unpaired) electrons. The van der Waals surface area contributed by atoms with Crippen LogP contribution in [-0.2, 0) is 14.3 Å². The Morgan fingerprint density at radius 2 is 1.40 bits per heavy atom. The Balaban J connectivity index is 1.32. The largest absolute Gasteiger partial charge is 0.378 e. The van der Waals surface area contributed by atoms with E-state index >= 15 is 0 Å². The summed E-state index contributed by atoms with van der Waals surface area (Å²) in [7, 11) is 0. The van der Waals surface area contributed by atoms with Gasteiger partial charge in [0.1, 0.15) is 0 Å². The molecule has 4 fully saturated rings. The molecular weight excluding hydrogens is 444 g/mol. The van der Waals surface area contributed by atoms with Gasteiger partial charge >= 0.3 is 0 Å². The molecule has 2 heterocycles. The molecule has 0 aromatic heterocycles. The molecule has 3 amide bonds. The first-order chi connectivity index (χ1) is 17.1. The van der Waals surface area contributed by atoms with Crippen molar-refractivity contribution >= 4 is 29.1 Å². The molecule has 2 aliphatic carbocycles. The van der Waals surface area contributed by atoms with Crippen molar-refractivity contribution in [3.05, 3.63) is 23.8 Å². The molecule has 2 saturated carbocycles. The number of carbonyl (C=O) groups is 3. The van der Waals surface area contributed by atoms with E-state index in [1.165, 1.54) is 0 Å². The SMILES string of the molecule is O=C(Nc1ccc(N2CCN(C(=O)C3CCCC3)CC2)c(C(=O)N2CCOCC2)c1)C1CCCC1. The standard InChI is InChI=1S/C27H38N4O4/c32-25(20-5-1-2-6-20)28-22-9-10-24(23(19-22)27(34)31-15-17-35-18-16-31)29-11-13-30(14-12-29)26(33)21-7-3-4-8-21/h9-10,19-21H,1-8,11-18H2,(H,28,32). The monoisotopic (exact) mass is 482 g/mol. The van der Waals surface area contributed by atoms with E-state index in [4.69, 9.17) is 4.74 Å². The summed E-state index contributed by atoms with van der Waals surface area (Å²) < 4.78 is 5.44. The topological polar surface area (TPSA) is 82.2 Å². The Bertz CT molecular complexity index is 925. The van der Waals surface area contributed by atoms with Crippen LogP contribution >= 0.6 is 0 Å². The number of rotatable bonds is 5. The molecule has 0 atom stereocenters. The molecular formula is C27H38N4O4. The summed E-state index contributed by atoms with van der Waals surface area (Å²) in [6.07, 6.45) is 8.44. The minimum Gasteiger partial charge on any atom is -0.378 e. The van der Waals surface area contributed by atoms with E-state index < -0.39 is 0 Å². The predicted molar refractivity (Wildman–Crippen MR) is 135 cm³/mol. The van der Waals surface area contributed by atoms with E-state index in [-0.39, 0.29) is 23.7 Å². The molecule has 8 nitrogen and oxygen atoms in total. The first-order valence-corrected chi connectivity index (χ1v) is 13.5. The summed E-state index contributed by atoms with van der Waals surface area (Å²) in [5, 5.41) is 3.06. The van der Waals surface area contributed by atoms with Crippen molar-refractivity contribution in [1.29, 1.82) is 0 Å². The Kier molecular flexibility index (Phi) is 7.56. The Morgan fingerprint density at radius 3 is 2.06 bits per heavy atom. The van der Waals surface area contributed by atoms with Gasteiger partial charge in [-0.1, -0.05) is 25.7 Å². The van der Waals surface area contributed by atoms with Gasteiger partial charge in [0, 0.05) is 62.5 Å². The van der Waals surface area contributed by atoms with Crippen LogP contribution in [0, 0.1) is 11.8 Å². The minimum atomic E-state index is -0.0234. The Morgan fingerprint density at radius 1 is 0.771 bits per heavy atom. The number of nitrogens with zero attached hydrogens (tertiary/aromatic N) is 3.